The van der Waals surface area contributed by atoms with Crippen molar-refractivity contribution < 1.29 is 19.6 Å². The fraction of sp³-hybridized carbons (Fsp3) is 0.591. The zero-order valence-corrected chi connectivity index (χ0v) is 34.0. The Morgan fingerprint density at radius 1 is 0.571 bits per heavy atom. The van der Waals surface area contributed by atoms with Crippen LogP contribution in [0.25, 0.3) is 16.9 Å². The van der Waals surface area contributed by atoms with Gasteiger partial charge in [-0.15, -0.1) is 0 Å². The number of rotatable bonds is 21. The summed E-state index contributed by atoms with van der Waals surface area (Å²) in [4.78, 5) is 0. The number of benzene rings is 2. The van der Waals surface area contributed by atoms with Crippen molar-refractivity contribution in [2.45, 2.75) is 146 Å². The number of unbranched alkanes of at least 4 members (excludes halogenated alkanes) is 7. The van der Waals surface area contributed by atoms with E-state index in [2.05, 4.69) is 126 Å². The molecule has 1 heterocycles. The average Bonchev–Trinajstić information content (AvgIpc) is 3.39. The van der Waals surface area contributed by atoms with Crippen LogP contribution >= 0.6 is 0 Å². The van der Waals surface area contributed by atoms with Crippen LogP contribution in [0.5, 0.6) is 0 Å². The summed E-state index contributed by atoms with van der Waals surface area (Å²) in [6, 6.07) is 13.6. The van der Waals surface area contributed by atoms with Gasteiger partial charge >= 0.3 is 76.7 Å². The molecule has 0 unspecified atom stereocenters. The molecule has 0 fully saturated rings. The zero-order valence-electron chi connectivity index (χ0n) is 33.0. The Bertz CT molecular complexity index is 1320. The maximum absolute atomic E-state index is 11.8. The SMILES string of the molecule is CCCCCCCCCC=CC1=C(c2cc(CC)cc(CC)c2)[N+](=[N-])C(c2cc(CC)cc(CC)c2)=C1C.CC[N](CC)[Ni][N](CC)CC. The van der Waals surface area contributed by atoms with Crippen LogP contribution in [-0.4, -0.2) is 38.8 Å². The van der Waals surface area contributed by atoms with Crippen molar-refractivity contribution in [2.75, 3.05) is 26.2 Å². The minimum absolute atomic E-state index is 0.915. The molecule has 4 nitrogen and oxygen atoms in total. The number of hydrogen-bond acceptors (Lipinski definition) is 2. The van der Waals surface area contributed by atoms with E-state index in [0.29, 0.717) is 0 Å². The molecular weight excluding hydrogens is 643 g/mol. The third-order valence-electron chi connectivity index (χ3n) is 9.46. The normalized spacial score (nSPS) is 13.5. The Kier molecular flexibility index (Phi) is 21.0. The molecule has 0 N–H and O–H groups in total. The first-order valence-corrected chi connectivity index (χ1v) is 20.6. The monoisotopic (exact) mass is 712 g/mol. The van der Waals surface area contributed by atoms with Gasteiger partial charge in [0.2, 0.25) is 11.4 Å². The first-order chi connectivity index (χ1) is 23.7. The maximum atomic E-state index is 11.8. The molecule has 0 atom stereocenters. The summed E-state index contributed by atoms with van der Waals surface area (Å²) in [6.07, 6.45) is 18.9. The Morgan fingerprint density at radius 3 is 1.39 bits per heavy atom. The van der Waals surface area contributed by atoms with Crippen molar-refractivity contribution in [3.63, 3.8) is 0 Å². The molecule has 0 spiro atoms. The van der Waals surface area contributed by atoms with Gasteiger partial charge in [0.1, 0.15) is 0 Å². The molecule has 0 bridgehead atoms. The van der Waals surface area contributed by atoms with E-state index in [1.165, 1.54) is 71.9 Å². The van der Waals surface area contributed by atoms with Gasteiger partial charge < -0.3 is 5.53 Å². The van der Waals surface area contributed by atoms with Crippen LogP contribution in [0.4, 0.5) is 0 Å². The average molecular weight is 714 g/mol. The topological polar surface area (TPSA) is 31.8 Å². The van der Waals surface area contributed by atoms with E-state index in [-0.39, 0.29) is 0 Å². The summed E-state index contributed by atoms with van der Waals surface area (Å²) >= 11 is 1.67. The first-order valence-electron chi connectivity index (χ1n) is 19.7. The molecule has 1 aliphatic heterocycles. The van der Waals surface area contributed by atoms with Crippen LogP contribution in [0, 0.1) is 0 Å². The number of aryl methyl sites for hydroxylation is 4. The minimum atomic E-state index is 0.915. The van der Waals surface area contributed by atoms with E-state index in [0.717, 1.165) is 92.0 Å². The summed E-state index contributed by atoms with van der Waals surface area (Å²) < 4.78 is 6.23. The predicted octanol–water partition coefficient (Wildman–Crippen LogP) is 12.4. The van der Waals surface area contributed by atoms with Gasteiger partial charge in [0.25, 0.3) is 0 Å². The van der Waals surface area contributed by atoms with Crippen LogP contribution in [0.15, 0.2) is 59.7 Å². The van der Waals surface area contributed by atoms with Crippen LogP contribution in [-0.2, 0) is 40.5 Å². The molecule has 0 radical (unpaired) electrons. The molecule has 2 aromatic rings. The molecule has 3 rings (SSSR count). The second-order valence-electron chi connectivity index (χ2n) is 13.0. The molecule has 49 heavy (non-hydrogen) atoms. The standard InChI is InChI=1S/C36H50N2.2C4H10N.Ni/c1-7-12-13-14-15-16-17-18-19-20-34-27(6)35(32-23-28(8-2)21-29(9-3)24-32)38(37)36(34)33-25-30(10-4)22-31(11-5)26-33;2*1-3-5-4-2;/h19-26H,7-18H2,1-6H3;2*3-4H2,1-2H3;/q;2*-1;+2. The van der Waals surface area contributed by atoms with Crippen molar-refractivity contribution in [2.24, 2.45) is 0 Å². The Morgan fingerprint density at radius 2 is 0.980 bits per heavy atom. The molecule has 0 saturated carbocycles. The molecule has 0 amide bonds. The van der Waals surface area contributed by atoms with E-state index in [1.807, 2.05) is 0 Å². The molecule has 0 aromatic heterocycles. The van der Waals surface area contributed by atoms with Gasteiger partial charge in [-0.1, -0.05) is 97.4 Å². The number of nitrogens with zero attached hydrogens (tertiary/aromatic N) is 4. The van der Waals surface area contributed by atoms with Crippen molar-refractivity contribution in [1.29, 1.82) is 0 Å². The van der Waals surface area contributed by atoms with Gasteiger partial charge in [0.05, 0.1) is 5.57 Å². The summed E-state index contributed by atoms with van der Waals surface area (Å²) in [5.41, 5.74) is 23.4. The third-order valence-corrected chi connectivity index (χ3v) is 11.3. The van der Waals surface area contributed by atoms with Gasteiger partial charge in [-0.2, -0.15) is 0 Å². The quantitative estimate of drug-likeness (QED) is 0.0733. The van der Waals surface area contributed by atoms with Crippen molar-refractivity contribution in [3.8, 4) is 0 Å². The summed E-state index contributed by atoms with van der Waals surface area (Å²) in [5, 5.41) is 0. The van der Waals surface area contributed by atoms with Crippen LogP contribution < -0.4 is 0 Å². The van der Waals surface area contributed by atoms with Crippen molar-refractivity contribution in [1.82, 2.24) is 7.96 Å². The molecule has 5 heteroatoms. The molecular formula is C44H70N4Ni. The van der Waals surface area contributed by atoms with Crippen LogP contribution in [0.3, 0.4) is 0 Å². The third kappa shape index (κ3) is 13.4. The van der Waals surface area contributed by atoms with Crippen LogP contribution in [0.1, 0.15) is 154 Å². The van der Waals surface area contributed by atoms with Crippen molar-refractivity contribution >= 4 is 11.4 Å². The summed E-state index contributed by atoms with van der Waals surface area (Å²) in [5.74, 6) is 0. The number of hydrogen-bond donors (Lipinski definition) is 0. The van der Waals surface area contributed by atoms with Gasteiger partial charge in [0, 0.05) is 16.7 Å². The van der Waals surface area contributed by atoms with E-state index in [9.17, 15) is 5.53 Å². The summed E-state index contributed by atoms with van der Waals surface area (Å²) in [7, 11) is 0. The molecule has 2 aromatic carbocycles. The van der Waals surface area contributed by atoms with Gasteiger partial charge in [0.15, 0.2) is 0 Å². The summed E-state index contributed by atoms with van der Waals surface area (Å²) in [6.45, 7) is 26.6. The Hall–Kier alpha value is -2.33. The van der Waals surface area contributed by atoms with Gasteiger partial charge in [-0.05, 0) is 92.0 Å². The molecule has 0 saturated heterocycles. The molecule has 1 aliphatic rings. The number of allylic oxidation sites excluding steroid dienone is 4. The van der Waals surface area contributed by atoms with Gasteiger partial charge in [-0.25, -0.2) is 4.70 Å². The van der Waals surface area contributed by atoms with E-state index >= 15 is 0 Å². The zero-order chi connectivity index (χ0) is 36.2. The van der Waals surface area contributed by atoms with E-state index < -0.39 is 0 Å². The Labute approximate surface area is 308 Å². The fourth-order valence-electron chi connectivity index (χ4n) is 6.30. The molecule has 276 valence electrons. The van der Waals surface area contributed by atoms with Gasteiger partial charge in [-0.3, -0.25) is 0 Å². The van der Waals surface area contributed by atoms with E-state index in [1.54, 1.807) is 14.9 Å². The fourth-order valence-corrected chi connectivity index (χ4v) is 7.25. The predicted molar refractivity (Wildman–Crippen MR) is 211 cm³/mol. The second-order valence-corrected chi connectivity index (χ2v) is 14.5. The van der Waals surface area contributed by atoms with Crippen LogP contribution in [0.2, 0.25) is 0 Å². The Balaban J connectivity index is 0.000000650. The van der Waals surface area contributed by atoms with Crippen molar-refractivity contribution in [3.05, 3.63) is 98.6 Å². The first kappa shape index (κ1) is 42.8. The second kappa shape index (κ2) is 24.0. The van der Waals surface area contributed by atoms with E-state index in [4.69, 9.17) is 0 Å². The molecule has 0 aliphatic carbocycles.